The monoisotopic (exact) mass is 440 g/mol. The molecule has 0 bridgehead atoms. The Kier molecular flexibility index (Phi) is 5.91. The van der Waals surface area contributed by atoms with Crippen molar-refractivity contribution in [2.45, 2.75) is 39.7 Å². The van der Waals surface area contributed by atoms with E-state index in [-0.39, 0.29) is 5.41 Å². The van der Waals surface area contributed by atoms with Crippen LogP contribution >= 0.6 is 11.6 Å². The zero-order valence-electron chi connectivity index (χ0n) is 18.7. The first-order chi connectivity index (χ1) is 15.3. The number of halogens is 1. The van der Waals surface area contributed by atoms with Crippen LogP contribution in [-0.4, -0.2) is 4.98 Å². The van der Waals surface area contributed by atoms with Crippen molar-refractivity contribution in [3.8, 4) is 23.1 Å². The molecule has 4 heteroatoms. The number of fused-ring (bicyclic) bond motifs is 1. The standard InChI is InChI=1S/C28H25ClN2O/c1-18-13-22(28(2,3)4)23(29)14-21(18)25-15-26(32-17-19-9-6-5-7-10-19)27-20(16-30)11-8-12-24(27)31-25/h5-15H,17H2,1-4H3. The summed E-state index contributed by atoms with van der Waals surface area (Å²) in [7, 11) is 0. The highest BCUT2D eigenvalue weighted by Gasteiger charge is 2.20. The number of rotatable bonds is 4. The van der Waals surface area contributed by atoms with E-state index < -0.39 is 0 Å². The maximum Gasteiger partial charge on any atom is 0.132 e. The molecule has 3 aromatic carbocycles. The summed E-state index contributed by atoms with van der Waals surface area (Å²) in [4.78, 5) is 4.87. The first kappa shape index (κ1) is 21.9. The van der Waals surface area contributed by atoms with Gasteiger partial charge in [-0.2, -0.15) is 5.26 Å². The molecule has 1 aromatic heterocycles. The molecule has 32 heavy (non-hydrogen) atoms. The van der Waals surface area contributed by atoms with Crippen LogP contribution in [0.1, 0.15) is 43.0 Å². The van der Waals surface area contributed by atoms with Gasteiger partial charge in [-0.15, -0.1) is 0 Å². The van der Waals surface area contributed by atoms with Gasteiger partial charge in [0.15, 0.2) is 0 Å². The number of benzene rings is 3. The first-order valence-electron chi connectivity index (χ1n) is 10.6. The highest BCUT2D eigenvalue weighted by Crippen LogP contribution is 2.38. The number of nitrogens with zero attached hydrogens (tertiary/aromatic N) is 2. The van der Waals surface area contributed by atoms with Gasteiger partial charge < -0.3 is 4.74 Å². The largest absolute Gasteiger partial charge is 0.488 e. The van der Waals surface area contributed by atoms with E-state index in [1.54, 1.807) is 6.07 Å². The Morgan fingerprint density at radius 2 is 1.75 bits per heavy atom. The minimum absolute atomic E-state index is 0.0527. The molecule has 0 aliphatic rings. The number of hydrogen-bond donors (Lipinski definition) is 0. The molecule has 0 saturated heterocycles. The van der Waals surface area contributed by atoms with Crippen molar-refractivity contribution in [1.29, 1.82) is 5.26 Å². The maximum absolute atomic E-state index is 9.67. The summed E-state index contributed by atoms with van der Waals surface area (Å²) < 4.78 is 6.23. The Labute approximate surface area is 194 Å². The normalized spacial score (nSPS) is 11.4. The fraction of sp³-hybridized carbons (Fsp3) is 0.214. The molecule has 3 nitrogen and oxygen atoms in total. The van der Waals surface area contributed by atoms with Gasteiger partial charge in [0, 0.05) is 16.7 Å². The second-order valence-electron chi connectivity index (χ2n) is 8.99. The molecule has 160 valence electrons. The molecule has 0 atom stereocenters. The van der Waals surface area contributed by atoms with E-state index in [0.29, 0.717) is 17.9 Å². The quantitative estimate of drug-likeness (QED) is 0.328. The summed E-state index contributed by atoms with van der Waals surface area (Å²) in [6.07, 6.45) is 0. The number of aromatic nitrogens is 1. The van der Waals surface area contributed by atoms with Gasteiger partial charge in [0.25, 0.3) is 0 Å². The van der Waals surface area contributed by atoms with E-state index in [2.05, 4.69) is 39.8 Å². The minimum Gasteiger partial charge on any atom is -0.488 e. The fourth-order valence-corrected chi connectivity index (χ4v) is 4.31. The highest BCUT2D eigenvalue weighted by atomic mass is 35.5. The van der Waals surface area contributed by atoms with Crippen molar-refractivity contribution in [1.82, 2.24) is 4.98 Å². The molecule has 0 N–H and O–H groups in total. The lowest BCUT2D eigenvalue weighted by Crippen LogP contribution is -2.12. The SMILES string of the molecule is Cc1cc(C(C)(C)C)c(Cl)cc1-c1cc(OCc2ccccc2)c2c(C#N)cccc2n1. The third kappa shape index (κ3) is 4.33. The molecule has 4 rings (SSSR count). The average molecular weight is 441 g/mol. The van der Waals surface area contributed by atoms with Crippen molar-refractivity contribution in [3.05, 3.63) is 94.0 Å². The summed E-state index contributed by atoms with van der Waals surface area (Å²) >= 11 is 6.68. The Morgan fingerprint density at radius 1 is 1.00 bits per heavy atom. The van der Waals surface area contributed by atoms with Crippen molar-refractivity contribution < 1.29 is 4.74 Å². The third-order valence-electron chi connectivity index (χ3n) is 5.55. The minimum atomic E-state index is -0.0527. The lowest BCUT2D eigenvalue weighted by molar-refractivity contribution is 0.310. The average Bonchev–Trinajstić information content (AvgIpc) is 2.78. The summed E-state index contributed by atoms with van der Waals surface area (Å²) in [5.41, 5.74) is 6.20. The molecule has 4 aromatic rings. The van der Waals surface area contributed by atoms with Gasteiger partial charge in [-0.05, 0) is 47.2 Å². The summed E-state index contributed by atoms with van der Waals surface area (Å²) in [6, 6.07) is 23.8. The number of ether oxygens (including phenoxy) is 1. The van der Waals surface area contributed by atoms with Gasteiger partial charge in [-0.1, -0.05) is 74.8 Å². The lowest BCUT2D eigenvalue weighted by atomic mass is 9.85. The number of nitriles is 1. The van der Waals surface area contributed by atoms with Crippen LogP contribution in [0.4, 0.5) is 0 Å². The molecule has 0 fully saturated rings. The molecule has 0 unspecified atom stereocenters. The predicted octanol–water partition coefficient (Wildman–Crippen LogP) is 7.61. The van der Waals surface area contributed by atoms with Crippen LogP contribution in [0.25, 0.3) is 22.2 Å². The van der Waals surface area contributed by atoms with Gasteiger partial charge in [0.1, 0.15) is 12.4 Å². The van der Waals surface area contributed by atoms with E-state index in [9.17, 15) is 5.26 Å². The van der Waals surface area contributed by atoms with Crippen LogP contribution in [0.3, 0.4) is 0 Å². The van der Waals surface area contributed by atoms with Gasteiger partial charge >= 0.3 is 0 Å². The second kappa shape index (κ2) is 8.65. The van der Waals surface area contributed by atoms with Crippen molar-refractivity contribution >= 4 is 22.5 Å². The Morgan fingerprint density at radius 3 is 2.44 bits per heavy atom. The first-order valence-corrected chi connectivity index (χ1v) is 11.0. The van der Waals surface area contributed by atoms with Gasteiger partial charge in [-0.25, -0.2) is 4.98 Å². The number of pyridine rings is 1. The van der Waals surface area contributed by atoms with Crippen LogP contribution in [0.5, 0.6) is 5.75 Å². The number of aryl methyl sites for hydroxylation is 1. The van der Waals surface area contributed by atoms with Gasteiger partial charge in [0.2, 0.25) is 0 Å². The summed E-state index contributed by atoms with van der Waals surface area (Å²) in [6.45, 7) is 8.94. The topological polar surface area (TPSA) is 45.9 Å². The van der Waals surface area contributed by atoms with Crippen LogP contribution in [0, 0.1) is 18.3 Å². The predicted molar refractivity (Wildman–Crippen MR) is 131 cm³/mol. The van der Waals surface area contributed by atoms with Crippen molar-refractivity contribution in [2.24, 2.45) is 0 Å². The third-order valence-corrected chi connectivity index (χ3v) is 5.87. The molecular formula is C28H25ClN2O. The van der Waals surface area contributed by atoms with E-state index in [1.165, 1.54) is 0 Å². The molecule has 0 radical (unpaired) electrons. The van der Waals surface area contributed by atoms with E-state index in [4.69, 9.17) is 21.3 Å². The van der Waals surface area contributed by atoms with Crippen molar-refractivity contribution in [3.63, 3.8) is 0 Å². The smallest absolute Gasteiger partial charge is 0.132 e. The molecule has 0 spiro atoms. The van der Waals surface area contributed by atoms with E-state index >= 15 is 0 Å². The Bertz CT molecular complexity index is 1330. The molecule has 0 aliphatic carbocycles. The molecule has 1 heterocycles. The fourth-order valence-electron chi connectivity index (χ4n) is 3.86. The van der Waals surface area contributed by atoms with Crippen molar-refractivity contribution in [2.75, 3.05) is 0 Å². The Balaban J connectivity index is 1.87. The molecule has 0 aliphatic heterocycles. The summed E-state index contributed by atoms with van der Waals surface area (Å²) in [5.74, 6) is 0.640. The lowest BCUT2D eigenvalue weighted by Gasteiger charge is -2.22. The highest BCUT2D eigenvalue weighted by molar-refractivity contribution is 6.31. The van der Waals surface area contributed by atoms with Gasteiger partial charge in [-0.3, -0.25) is 0 Å². The zero-order valence-corrected chi connectivity index (χ0v) is 19.5. The van der Waals surface area contributed by atoms with E-state index in [0.717, 1.165) is 43.9 Å². The number of hydrogen-bond acceptors (Lipinski definition) is 3. The zero-order chi connectivity index (χ0) is 22.9. The van der Waals surface area contributed by atoms with Crippen LogP contribution < -0.4 is 4.74 Å². The van der Waals surface area contributed by atoms with Crippen LogP contribution in [0.2, 0.25) is 5.02 Å². The Hall–Kier alpha value is -3.35. The maximum atomic E-state index is 9.67. The summed E-state index contributed by atoms with van der Waals surface area (Å²) in [5, 5.41) is 11.1. The second-order valence-corrected chi connectivity index (χ2v) is 9.40. The molecular weight excluding hydrogens is 416 g/mol. The van der Waals surface area contributed by atoms with Gasteiger partial charge in [0.05, 0.1) is 28.2 Å². The molecule has 0 amide bonds. The van der Waals surface area contributed by atoms with E-state index in [1.807, 2.05) is 54.6 Å². The molecule has 0 saturated carbocycles. The van der Waals surface area contributed by atoms with Crippen LogP contribution in [0.15, 0.2) is 66.7 Å². The van der Waals surface area contributed by atoms with Crippen LogP contribution in [-0.2, 0) is 12.0 Å².